The number of nitrogens with one attached hydrogen (secondary N) is 1. The third kappa shape index (κ3) is 5.62. The summed E-state index contributed by atoms with van der Waals surface area (Å²) in [4.78, 5) is 15.9. The molecule has 1 N–H and O–H groups in total. The van der Waals surface area contributed by atoms with Crippen LogP contribution in [0.4, 0.5) is 11.5 Å². The van der Waals surface area contributed by atoms with Gasteiger partial charge in [0, 0.05) is 65.2 Å². The van der Waals surface area contributed by atoms with Crippen molar-refractivity contribution >= 4 is 17.5 Å². The number of rotatable bonds is 7. The minimum absolute atomic E-state index is 0.954. The number of para-hydroxylation sites is 1. The Morgan fingerprint density at radius 3 is 2.46 bits per heavy atom. The zero-order chi connectivity index (χ0) is 19.6. The number of hydrogen-bond donors (Lipinski definition) is 1. The molecule has 0 amide bonds. The molecule has 0 radical (unpaired) electrons. The molecule has 6 heteroatoms. The molecular formula is C22H32N6. The van der Waals surface area contributed by atoms with E-state index in [1.165, 1.54) is 5.69 Å². The zero-order valence-electron chi connectivity index (χ0n) is 17.1. The van der Waals surface area contributed by atoms with Crippen LogP contribution in [0.1, 0.15) is 12.8 Å². The summed E-state index contributed by atoms with van der Waals surface area (Å²) in [6.45, 7) is 5.89. The van der Waals surface area contributed by atoms with E-state index in [9.17, 15) is 0 Å². The summed E-state index contributed by atoms with van der Waals surface area (Å²) in [7, 11) is 4.03. The lowest BCUT2D eigenvalue weighted by molar-refractivity contribution is 0.371. The number of pyridine rings is 1. The lowest BCUT2D eigenvalue weighted by Crippen LogP contribution is -2.52. The molecule has 0 spiro atoms. The number of nitrogens with zero attached hydrogens (tertiary/aromatic N) is 5. The van der Waals surface area contributed by atoms with Gasteiger partial charge in [-0.25, -0.2) is 4.98 Å². The van der Waals surface area contributed by atoms with Crippen molar-refractivity contribution in [3.63, 3.8) is 0 Å². The Hall–Kier alpha value is -2.76. The van der Waals surface area contributed by atoms with Crippen molar-refractivity contribution in [3.8, 4) is 0 Å². The number of aliphatic imine (C=N–C) groups is 1. The van der Waals surface area contributed by atoms with Crippen molar-refractivity contribution in [2.24, 2.45) is 4.99 Å². The van der Waals surface area contributed by atoms with E-state index in [1.807, 2.05) is 25.4 Å². The Labute approximate surface area is 168 Å². The van der Waals surface area contributed by atoms with E-state index >= 15 is 0 Å². The van der Waals surface area contributed by atoms with Crippen LogP contribution < -0.4 is 15.1 Å². The number of anilines is 2. The second-order valence-corrected chi connectivity index (χ2v) is 7.10. The fraction of sp³-hybridized carbons (Fsp3) is 0.455. The highest BCUT2D eigenvalue weighted by atomic mass is 15.4. The van der Waals surface area contributed by atoms with E-state index in [0.717, 1.165) is 63.9 Å². The van der Waals surface area contributed by atoms with Gasteiger partial charge in [-0.15, -0.1) is 0 Å². The second kappa shape index (κ2) is 10.5. The maximum atomic E-state index is 4.48. The van der Waals surface area contributed by atoms with Gasteiger partial charge in [0.2, 0.25) is 0 Å². The molecule has 0 bridgehead atoms. The summed E-state index contributed by atoms with van der Waals surface area (Å²) in [6.07, 6.45) is 4.14. The molecule has 150 valence electrons. The molecule has 1 saturated heterocycles. The summed E-state index contributed by atoms with van der Waals surface area (Å²) in [5.74, 6) is 2.07. The zero-order valence-corrected chi connectivity index (χ0v) is 17.1. The smallest absolute Gasteiger partial charge is 0.193 e. The molecule has 28 heavy (non-hydrogen) atoms. The van der Waals surface area contributed by atoms with Gasteiger partial charge < -0.3 is 20.0 Å². The van der Waals surface area contributed by atoms with E-state index in [-0.39, 0.29) is 0 Å². The normalized spacial score (nSPS) is 14.9. The van der Waals surface area contributed by atoms with Crippen molar-refractivity contribution < 1.29 is 0 Å². The molecule has 2 heterocycles. The third-order valence-electron chi connectivity index (χ3n) is 5.16. The van der Waals surface area contributed by atoms with Crippen molar-refractivity contribution in [3.05, 3.63) is 54.7 Å². The molecule has 1 fully saturated rings. The number of benzene rings is 1. The lowest BCUT2D eigenvalue weighted by atomic mass is 10.2. The standard InChI is InChI=1S/C22H32N6/c1-23-22(25-14-8-9-15-26(2)20-10-4-3-5-11-20)28-18-16-27(17-19-28)21-12-6-7-13-24-21/h3-7,10-13H,8-9,14-19H2,1-2H3,(H,23,25). The largest absolute Gasteiger partial charge is 0.375 e. The monoisotopic (exact) mass is 380 g/mol. The van der Waals surface area contributed by atoms with Gasteiger partial charge in [-0.3, -0.25) is 4.99 Å². The molecule has 3 rings (SSSR count). The maximum absolute atomic E-state index is 4.48. The Kier molecular flexibility index (Phi) is 7.53. The molecule has 1 aliphatic rings. The minimum atomic E-state index is 0.954. The lowest BCUT2D eigenvalue weighted by Gasteiger charge is -2.37. The molecule has 0 saturated carbocycles. The predicted molar refractivity (Wildman–Crippen MR) is 118 cm³/mol. The van der Waals surface area contributed by atoms with Gasteiger partial charge in [0.15, 0.2) is 5.96 Å². The van der Waals surface area contributed by atoms with Crippen LogP contribution in [0.5, 0.6) is 0 Å². The first-order valence-electron chi connectivity index (χ1n) is 10.2. The number of hydrogen-bond acceptors (Lipinski definition) is 4. The quantitative estimate of drug-likeness (QED) is 0.455. The molecule has 1 aromatic carbocycles. The molecule has 1 aromatic heterocycles. The van der Waals surface area contributed by atoms with Crippen LogP contribution in [0.15, 0.2) is 59.7 Å². The van der Waals surface area contributed by atoms with Gasteiger partial charge in [-0.1, -0.05) is 24.3 Å². The Morgan fingerprint density at radius 2 is 1.79 bits per heavy atom. The summed E-state index contributed by atoms with van der Waals surface area (Å²) >= 11 is 0. The minimum Gasteiger partial charge on any atom is -0.375 e. The van der Waals surface area contributed by atoms with Crippen LogP contribution in [0, 0.1) is 0 Å². The summed E-state index contributed by atoms with van der Waals surface area (Å²) in [5.41, 5.74) is 1.28. The number of guanidine groups is 1. The first kappa shape index (κ1) is 20.0. The van der Waals surface area contributed by atoms with Crippen LogP contribution in [-0.4, -0.2) is 69.2 Å². The van der Waals surface area contributed by atoms with Gasteiger partial charge in [0.1, 0.15) is 5.82 Å². The SMILES string of the molecule is CN=C(NCCCCN(C)c1ccccc1)N1CCN(c2ccccn2)CC1. The third-order valence-corrected chi connectivity index (χ3v) is 5.16. The molecule has 1 aliphatic heterocycles. The summed E-state index contributed by atoms with van der Waals surface area (Å²) < 4.78 is 0. The average molecular weight is 381 g/mol. The van der Waals surface area contributed by atoms with Crippen molar-refractivity contribution in [2.75, 3.05) is 63.2 Å². The van der Waals surface area contributed by atoms with Crippen LogP contribution in [-0.2, 0) is 0 Å². The fourth-order valence-electron chi connectivity index (χ4n) is 3.51. The van der Waals surface area contributed by atoms with Gasteiger partial charge in [-0.05, 0) is 37.1 Å². The van der Waals surface area contributed by atoms with Crippen LogP contribution in [0.25, 0.3) is 0 Å². The van der Waals surface area contributed by atoms with Crippen LogP contribution in [0.2, 0.25) is 0 Å². The van der Waals surface area contributed by atoms with Crippen molar-refractivity contribution in [2.45, 2.75) is 12.8 Å². The molecule has 0 atom stereocenters. The average Bonchev–Trinajstić information content (AvgIpc) is 2.77. The molecule has 6 nitrogen and oxygen atoms in total. The number of piperazine rings is 1. The topological polar surface area (TPSA) is 47.0 Å². The number of unbranched alkanes of at least 4 members (excludes halogenated alkanes) is 1. The molecule has 2 aromatic rings. The Morgan fingerprint density at radius 1 is 1.04 bits per heavy atom. The van der Waals surface area contributed by atoms with Gasteiger partial charge in [0.05, 0.1) is 0 Å². The molecule has 0 unspecified atom stereocenters. The summed E-state index contributed by atoms with van der Waals surface area (Å²) in [6, 6.07) is 16.6. The fourth-order valence-corrected chi connectivity index (χ4v) is 3.51. The van der Waals surface area contributed by atoms with Gasteiger partial charge in [-0.2, -0.15) is 0 Å². The molecular weight excluding hydrogens is 348 g/mol. The highest BCUT2D eigenvalue weighted by Gasteiger charge is 2.20. The van der Waals surface area contributed by atoms with E-state index < -0.39 is 0 Å². The predicted octanol–water partition coefficient (Wildman–Crippen LogP) is 2.70. The van der Waals surface area contributed by atoms with E-state index in [1.54, 1.807) is 0 Å². The van der Waals surface area contributed by atoms with Gasteiger partial charge in [0.25, 0.3) is 0 Å². The highest BCUT2D eigenvalue weighted by Crippen LogP contribution is 2.13. The molecule has 0 aliphatic carbocycles. The first-order valence-corrected chi connectivity index (χ1v) is 10.2. The van der Waals surface area contributed by atoms with E-state index in [4.69, 9.17) is 0 Å². The first-order chi connectivity index (χ1) is 13.8. The van der Waals surface area contributed by atoms with Crippen LogP contribution >= 0.6 is 0 Å². The second-order valence-electron chi connectivity index (χ2n) is 7.10. The number of aromatic nitrogens is 1. The summed E-state index contributed by atoms with van der Waals surface area (Å²) in [5, 5.41) is 3.53. The Balaban J connectivity index is 1.35. The van der Waals surface area contributed by atoms with Crippen LogP contribution in [0.3, 0.4) is 0 Å². The van der Waals surface area contributed by atoms with Crippen molar-refractivity contribution in [1.29, 1.82) is 0 Å². The highest BCUT2D eigenvalue weighted by molar-refractivity contribution is 5.80. The van der Waals surface area contributed by atoms with E-state index in [0.29, 0.717) is 0 Å². The Bertz CT molecular complexity index is 710. The maximum Gasteiger partial charge on any atom is 0.193 e. The van der Waals surface area contributed by atoms with Gasteiger partial charge >= 0.3 is 0 Å². The van der Waals surface area contributed by atoms with Crippen molar-refractivity contribution in [1.82, 2.24) is 15.2 Å². The van der Waals surface area contributed by atoms with E-state index in [2.05, 4.69) is 73.4 Å².